The van der Waals surface area contributed by atoms with Gasteiger partial charge in [0.15, 0.2) is 0 Å². The minimum Gasteiger partial charge on any atom is -0.707 e. The maximum Gasteiger partial charge on any atom is 0.133 e. The standard InChI is InChI=1S/C22H26N9/c1-22(26-3,14-4-5-14)15-6-7-27-20(10-15)31-19-9-13-8-17(18(25-2)12-29-24)30-21(23)16(13)11-28-19/h6-12,14,25-26H,4-5H2,1-3H3,(H2,23,30)(H,27,28,31)/q-1/b18-12-/t22-/m0/s1. The Morgan fingerprint density at radius 2 is 2.00 bits per heavy atom. The third-order valence-electron chi connectivity index (χ3n) is 6.01. The van der Waals surface area contributed by atoms with Gasteiger partial charge in [-0.05, 0) is 67.9 Å². The first-order valence-electron chi connectivity index (χ1n) is 10.2. The second kappa shape index (κ2) is 8.27. The first-order chi connectivity index (χ1) is 15.0. The second-order valence-corrected chi connectivity index (χ2v) is 7.87. The summed E-state index contributed by atoms with van der Waals surface area (Å²) >= 11 is 0. The molecule has 0 unspecified atom stereocenters. The average molecular weight is 417 g/mol. The Morgan fingerprint density at radius 3 is 2.68 bits per heavy atom. The highest BCUT2D eigenvalue weighted by atomic mass is 15.1. The van der Waals surface area contributed by atoms with E-state index in [-0.39, 0.29) is 5.54 Å². The summed E-state index contributed by atoms with van der Waals surface area (Å²) in [5.74, 6) is 2.36. The first kappa shape index (κ1) is 20.7. The van der Waals surface area contributed by atoms with Crippen LogP contribution < -0.4 is 21.7 Å². The fourth-order valence-corrected chi connectivity index (χ4v) is 3.89. The number of rotatable bonds is 8. The lowest BCUT2D eigenvalue weighted by Crippen LogP contribution is -2.39. The zero-order chi connectivity index (χ0) is 22.0. The molecule has 3 heterocycles. The van der Waals surface area contributed by atoms with Crippen LogP contribution in [0.15, 0.2) is 48.0 Å². The van der Waals surface area contributed by atoms with Crippen molar-refractivity contribution in [3.8, 4) is 0 Å². The van der Waals surface area contributed by atoms with Gasteiger partial charge in [-0.25, -0.2) is 15.0 Å². The summed E-state index contributed by atoms with van der Waals surface area (Å²) in [7, 11) is 3.72. The van der Waals surface area contributed by atoms with E-state index in [2.05, 4.69) is 55.1 Å². The highest BCUT2D eigenvalue weighted by Gasteiger charge is 2.41. The van der Waals surface area contributed by atoms with Gasteiger partial charge in [0.2, 0.25) is 0 Å². The van der Waals surface area contributed by atoms with Gasteiger partial charge >= 0.3 is 0 Å². The van der Waals surface area contributed by atoms with Gasteiger partial charge in [-0.15, -0.1) is 0 Å². The van der Waals surface area contributed by atoms with E-state index in [9.17, 15) is 0 Å². The Bertz CT molecular complexity index is 1150. The van der Waals surface area contributed by atoms with Crippen LogP contribution in [-0.4, -0.2) is 29.0 Å². The smallest absolute Gasteiger partial charge is 0.133 e. The van der Waals surface area contributed by atoms with Crippen LogP contribution in [0.25, 0.3) is 22.0 Å². The fourth-order valence-electron chi connectivity index (χ4n) is 3.89. The number of nitrogens with zero attached hydrogens (tertiary/aromatic N) is 5. The molecular weight excluding hydrogens is 390 g/mol. The fraction of sp³-hybridized carbons (Fsp3) is 0.318. The van der Waals surface area contributed by atoms with Crippen molar-refractivity contribution in [3.05, 3.63) is 59.6 Å². The van der Waals surface area contributed by atoms with Crippen LogP contribution in [0.3, 0.4) is 0 Å². The van der Waals surface area contributed by atoms with Gasteiger partial charge < -0.3 is 32.3 Å². The lowest BCUT2D eigenvalue weighted by molar-refractivity contribution is 0.346. The predicted molar refractivity (Wildman–Crippen MR) is 123 cm³/mol. The maximum atomic E-state index is 8.87. The highest BCUT2D eigenvalue weighted by molar-refractivity contribution is 5.93. The number of nitrogens with one attached hydrogen (secondary N) is 3. The molecule has 0 aliphatic heterocycles. The van der Waals surface area contributed by atoms with Crippen molar-refractivity contribution in [1.82, 2.24) is 25.6 Å². The van der Waals surface area contributed by atoms with E-state index in [1.807, 2.05) is 25.4 Å². The molecule has 0 spiro atoms. The number of hydrogen-bond donors (Lipinski definition) is 4. The first-order valence-corrected chi connectivity index (χ1v) is 10.2. The molecular formula is C22H26N9-. The monoisotopic (exact) mass is 416 g/mol. The SMILES string of the molecule is CN/C(=C\N=[N-])c1cc2cc(Nc3cc([C@@](C)(NC)C4CC4)ccn3)ncc2c(N)n1. The molecule has 1 atom stereocenters. The van der Waals surface area contributed by atoms with E-state index in [0.29, 0.717) is 28.9 Å². The zero-order valence-corrected chi connectivity index (χ0v) is 17.8. The van der Waals surface area contributed by atoms with Crippen molar-refractivity contribution in [2.24, 2.45) is 11.0 Å². The molecule has 1 aliphatic carbocycles. The molecule has 31 heavy (non-hydrogen) atoms. The largest absolute Gasteiger partial charge is 0.707 e. The summed E-state index contributed by atoms with van der Waals surface area (Å²) in [5.41, 5.74) is 17.2. The molecule has 160 valence electrons. The quantitative estimate of drug-likeness (QED) is 0.411. The maximum absolute atomic E-state index is 8.87. The number of nitrogens with two attached hydrogens (primary N) is 1. The summed E-state index contributed by atoms with van der Waals surface area (Å²) in [5, 5.41) is 14.4. The van der Waals surface area contributed by atoms with Gasteiger partial charge in [-0.2, -0.15) is 0 Å². The Balaban J connectivity index is 1.67. The molecule has 0 radical (unpaired) electrons. The van der Waals surface area contributed by atoms with Crippen LogP contribution in [0.2, 0.25) is 0 Å². The van der Waals surface area contributed by atoms with E-state index < -0.39 is 0 Å². The van der Waals surface area contributed by atoms with Crippen LogP contribution >= 0.6 is 0 Å². The van der Waals surface area contributed by atoms with Crippen LogP contribution in [0, 0.1) is 5.92 Å². The molecule has 1 saturated carbocycles. The molecule has 0 amide bonds. The van der Waals surface area contributed by atoms with E-state index in [4.69, 9.17) is 11.3 Å². The third-order valence-corrected chi connectivity index (χ3v) is 6.01. The Hall–Kier alpha value is -3.59. The number of nitrogen functional groups attached to an aromatic ring is 1. The lowest BCUT2D eigenvalue weighted by Gasteiger charge is -2.30. The van der Waals surface area contributed by atoms with E-state index in [1.165, 1.54) is 24.6 Å². The highest BCUT2D eigenvalue weighted by Crippen LogP contribution is 2.45. The lowest BCUT2D eigenvalue weighted by atomic mass is 9.87. The van der Waals surface area contributed by atoms with Crippen molar-refractivity contribution >= 4 is 33.9 Å². The Labute approximate surface area is 181 Å². The van der Waals surface area contributed by atoms with Crippen molar-refractivity contribution in [2.45, 2.75) is 25.3 Å². The van der Waals surface area contributed by atoms with Crippen molar-refractivity contribution < 1.29 is 0 Å². The molecule has 5 N–H and O–H groups in total. The van der Waals surface area contributed by atoms with Crippen LogP contribution in [0.1, 0.15) is 31.0 Å². The Morgan fingerprint density at radius 1 is 1.23 bits per heavy atom. The van der Waals surface area contributed by atoms with Crippen molar-refractivity contribution in [3.63, 3.8) is 0 Å². The summed E-state index contributed by atoms with van der Waals surface area (Å²) in [6, 6.07) is 7.88. The molecule has 1 aliphatic rings. The topological polar surface area (TPSA) is 135 Å². The second-order valence-electron chi connectivity index (χ2n) is 7.87. The van der Waals surface area contributed by atoms with E-state index in [1.54, 1.807) is 13.2 Å². The predicted octanol–water partition coefficient (Wildman–Crippen LogP) is 3.73. The molecule has 4 rings (SSSR count). The zero-order valence-electron chi connectivity index (χ0n) is 17.8. The van der Waals surface area contributed by atoms with Gasteiger partial charge in [0, 0.05) is 36.6 Å². The number of aromatic nitrogens is 3. The molecule has 3 aromatic heterocycles. The minimum atomic E-state index is -0.0706. The van der Waals surface area contributed by atoms with Gasteiger partial charge in [0.25, 0.3) is 0 Å². The number of pyridine rings is 3. The normalized spacial score (nSPS) is 16.0. The van der Waals surface area contributed by atoms with E-state index in [0.717, 1.165) is 16.6 Å². The number of hydrogen-bond acceptors (Lipinski definition) is 8. The van der Waals surface area contributed by atoms with E-state index >= 15 is 0 Å². The number of fused-ring (bicyclic) bond motifs is 1. The molecule has 1 fully saturated rings. The number of anilines is 3. The van der Waals surface area contributed by atoms with Crippen LogP contribution in [0.4, 0.5) is 17.5 Å². The molecule has 3 aromatic rings. The average Bonchev–Trinajstić information content (AvgIpc) is 3.63. The van der Waals surface area contributed by atoms with Crippen LogP contribution in [0.5, 0.6) is 0 Å². The molecule has 0 aromatic carbocycles. The van der Waals surface area contributed by atoms with Crippen molar-refractivity contribution in [2.75, 3.05) is 25.1 Å². The minimum absolute atomic E-state index is 0.0706. The molecule has 0 saturated heterocycles. The molecule has 9 heteroatoms. The van der Waals surface area contributed by atoms with Gasteiger partial charge in [0.05, 0.1) is 11.4 Å². The summed E-state index contributed by atoms with van der Waals surface area (Å²) in [6.07, 6.45) is 7.26. The van der Waals surface area contributed by atoms with Gasteiger partial charge in [-0.3, -0.25) is 0 Å². The van der Waals surface area contributed by atoms with Gasteiger partial charge in [-0.1, -0.05) is 0 Å². The summed E-state index contributed by atoms with van der Waals surface area (Å²) in [4.78, 5) is 13.3. The summed E-state index contributed by atoms with van der Waals surface area (Å²) < 4.78 is 0. The van der Waals surface area contributed by atoms with Crippen molar-refractivity contribution in [1.29, 1.82) is 0 Å². The third kappa shape index (κ3) is 4.04. The molecule has 9 nitrogen and oxygen atoms in total. The Kier molecular flexibility index (Phi) is 5.51. The van der Waals surface area contributed by atoms with Crippen LogP contribution in [-0.2, 0) is 5.54 Å². The molecule has 0 bridgehead atoms. The van der Waals surface area contributed by atoms with Gasteiger partial charge in [0.1, 0.15) is 17.5 Å². The summed E-state index contributed by atoms with van der Waals surface area (Å²) in [6.45, 7) is 2.24.